The van der Waals surface area contributed by atoms with Crippen molar-refractivity contribution in [2.45, 2.75) is 13.2 Å². The Kier molecular flexibility index (Phi) is 6.16. The lowest BCUT2D eigenvalue weighted by Gasteiger charge is -2.11. The van der Waals surface area contributed by atoms with Crippen molar-refractivity contribution in [2.75, 3.05) is 0 Å². The molecule has 0 fully saturated rings. The van der Waals surface area contributed by atoms with E-state index in [-0.39, 0.29) is 0 Å². The van der Waals surface area contributed by atoms with Crippen molar-refractivity contribution < 1.29 is 14.3 Å². The minimum absolute atomic E-state index is 0.454. The summed E-state index contributed by atoms with van der Waals surface area (Å²) >= 11 is 0. The lowest BCUT2D eigenvalue weighted by Crippen LogP contribution is -1.98. The van der Waals surface area contributed by atoms with Crippen molar-refractivity contribution >= 4 is 6.29 Å². The highest BCUT2D eigenvalue weighted by Crippen LogP contribution is 2.28. The van der Waals surface area contributed by atoms with E-state index in [1.807, 2.05) is 78.9 Å². The lowest BCUT2D eigenvalue weighted by molar-refractivity contribution is 0.112. The Labute approximate surface area is 175 Å². The number of aldehydes is 1. The van der Waals surface area contributed by atoms with Crippen LogP contribution >= 0.6 is 0 Å². The number of nitrogens with zero attached hydrogens (tertiary/aromatic N) is 1. The first-order valence-electron chi connectivity index (χ1n) is 9.71. The van der Waals surface area contributed by atoms with Gasteiger partial charge in [0.15, 0.2) is 6.29 Å². The van der Waals surface area contributed by atoms with Gasteiger partial charge < -0.3 is 9.47 Å². The molecular formula is C26H21NO3. The van der Waals surface area contributed by atoms with Crippen molar-refractivity contribution in [1.82, 2.24) is 4.98 Å². The van der Waals surface area contributed by atoms with E-state index in [1.54, 1.807) is 18.3 Å². The summed E-state index contributed by atoms with van der Waals surface area (Å²) in [5, 5.41) is 0. The summed E-state index contributed by atoms with van der Waals surface area (Å²) in [6.07, 6.45) is 2.56. The highest BCUT2D eigenvalue weighted by atomic mass is 16.5. The molecule has 148 valence electrons. The van der Waals surface area contributed by atoms with Gasteiger partial charge in [-0.2, -0.15) is 0 Å². The first kappa shape index (κ1) is 19.4. The van der Waals surface area contributed by atoms with Crippen LogP contribution in [0.3, 0.4) is 0 Å². The van der Waals surface area contributed by atoms with E-state index in [9.17, 15) is 4.79 Å². The number of carbonyl (C=O) groups excluding carboxylic acids is 1. The molecule has 0 saturated carbocycles. The maximum absolute atomic E-state index is 11.5. The van der Waals surface area contributed by atoms with Gasteiger partial charge in [-0.05, 0) is 41.0 Å². The quantitative estimate of drug-likeness (QED) is 0.358. The molecule has 0 spiro atoms. The summed E-state index contributed by atoms with van der Waals surface area (Å²) in [7, 11) is 0. The summed E-state index contributed by atoms with van der Waals surface area (Å²) in [6.45, 7) is 0.917. The Morgan fingerprint density at radius 2 is 1.40 bits per heavy atom. The monoisotopic (exact) mass is 395 g/mol. The number of rotatable bonds is 8. The van der Waals surface area contributed by atoms with Crippen LogP contribution < -0.4 is 9.47 Å². The van der Waals surface area contributed by atoms with Crippen LogP contribution in [-0.2, 0) is 13.2 Å². The van der Waals surface area contributed by atoms with Gasteiger partial charge in [0.1, 0.15) is 19.0 Å². The Balaban J connectivity index is 1.48. The molecule has 1 heterocycles. The molecule has 0 bridgehead atoms. The van der Waals surface area contributed by atoms with Crippen molar-refractivity contribution in [3.63, 3.8) is 0 Å². The molecule has 0 saturated heterocycles. The standard InChI is InChI=1S/C26H21NO3/c28-17-23-11-13-24(29-18-20-7-3-1-4-8-20)15-25(23)22-12-14-26(27-16-22)30-19-21-9-5-2-6-10-21/h1-17H,18-19H2. The van der Waals surface area contributed by atoms with E-state index < -0.39 is 0 Å². The molecule has 0 radical (unpaired) electrons. The lowest BCUT2D eigenvalue weighted by atomic mass is 10.0. The van der Waals surface area contributed by atoms with E-state index in [2.05, 4.69) is 4.98 Å². The van der Waals surface area contributed by atoms with Crippen LogP contribution in [0.4, 0.5) is 0 Å². The van der Waals surface area contributed by atoms with Crippen LogP contribution in [0.25, 0.3) is 11.1 Å². The SMILES string of the molecule is O=Cc1ccc(OCc2ccccc2)cc1-c1ccc(OCc2ccccc2)nc1. The fourth-order valence-corrected chi connectivity index (χ4v) is 3.08. The predicted molar refractivity (Wildman–Crippen MR) is 117 cm³/mol. The van der Waals surface area contributed by atoms with E-state index >= 15 is 0 Å². The van der Waals surface area contributed by atoms with Gasteiger partial charge in [-0.3, -0.25) is 4.79 Å². The highest BCUT2D eigenvalue weighted by molar-refractivity contribution is 5.88. The maximum Gasteiger partial charge on any atom is 0.213 e. The molecule has 0 unspecified atom stereocenters. The minimum atomic E-state index is 0.454. The zero-order valence-electron chi connectivity index (χ0n) is 16.4. The minimum Gasteiger partial charge on any atom is -0.489 e. The molecule has 4 heteroatoms. The molecule has 0 atom stereocenters. The predicted octanol–water partition coefficient (Wildman–Crippen LogP) is 5.72. The third kappa shape index (κ3) is 4.92. The molecule has 4 nitrogen and oxygen atoms in total. The molecule has 0 N–H and O–H groups in total. The van der Waals surface area contributed by atoms with Crippen molar-refractivity contribution in [1.29, 1.82) is 0 Å². The number of hydrogen-bond donors (Lipinski definition) is 0. The van der Waals surface area contributed by atoms with Gasteiger partial charge in [0.25, 0.3) is 0 Å². The van der Waals surface area contributed by atoms with Crippen molar-refractivity contribution in [3.05, 3.63) is 114 Å². The van der Waals surface area contributed by atoms with E-state index in [0.29, 0.717) is 30.4 Å². The molecule has 30 heavy (non-hydrogen) atoms. The second-order valence-electron chi connectivity index (χ2n) is 6.80. The van der Waals surface area contributed by atoms with Gasteiger partial charge in [-0.15, -0.1) is 0 Å². The van der Waals surface area contributed by atoms with Gasteiger partial charge in [0.2, 0.25) is 5.88 Å². The van der Waals surface area contributed by atoms with Crippen LogP contribution in [0.15, 0.2) is 97.2 Å². The fraction of sp³-hybridized carbons (Fsp3) is 0.0769. The fourth-order valence-electron chi connectivity index (χ4n) is 3.08. The van der Waals surface area contributed by atoms with E-state index in [4.69, 9.17) is 9.47 Å². The summed E-state index contributed by atoms with van der Waals surface area (Å²) in [5.74, 6) is 1.23. The van der Waals surface area contributed by atoms with Crippen LogP contribution in [0.5, 0.6) is 11.6 Å². The molecule has 4 aromatic rings. The molecule has 3 aromatic carbocycles. The topological polar surface area (TPSA) is 48.4 Å². The van der Waals surface area contributed by atoms with Crippen LogP contribution in [0, 0.1) is 0 Å². The average Bonchev–Trinajstić information content (AvgIpc) is 2.83. The Hall–Kier alpha value is -3.92. The average molecular weight is 395 g/mol. The first-order valence-corrected chi connectivity index (χ1v) is 9.71. The summed E-state index contributed by atoms with van der Waals surface area (Å²) < 4.78 is 11.6. The van der Waals surface area contributed by atoms with Gasteiger partial charge in [-0.1, -0.05) is 60.7 Å². The molecule has 0 aliphatic rings. The largest absolute Gasteiger partial charge is 0.489 e. The maximum atomic E-state index is 11.5. The molecule has 0 aliphatic carbocycles. The van der Waals surface area contributed by atoms with E-state index in [0.717, 1.165) is 28.5 Å². The molecular weight excluding hydrogens is 374 g/mol. The first-order chi connectivity index (χ1) is 14.8. The summed E-state index contributed by atoms with van der Waals surface area (Å²) in [5.41, 5.74) is 4.35. The molecule has 4 rings (SSSR count). The second kappa shape index (κ2) is 9.52. The van der Waals surface area contributed by atoms with Crippen LogP contribution in [0.2, 0.25) is 0 Å². The van der Waals surface area contributed by atoms with Gasteiger partial charge in [0.05, 0.1) is 0 Å². The van der Waals surface area contributed by atoms with E-state index in [1.165, 1.54) is 0 Å². The van der Waals surface area contributed by atoms with Crippen molar-refractivity contribution in [2.24, 2.45) is 0 Å². The smallest absolute Gasteiger partial charge is 0.213 e. The number of ether oxygens (including phenoxy) is 2. The number of carbonyl (C=O) groups is 1. The molecule has 0 amide bonds. The third-order valence-corrected chi connectivity index (χ3v) is 4.68. The van der Waals surface area contributed by atoms with Crippen LogP contribution in [0.1, 0.15) is 21.5 Å². The number of hydrogen-bond acceptors (Lipinski definition) is 4. The second-order valence-corrected chi connectivity index (χ2v) is 6.80. The van der Waals surface area contributed by atoms with Crippen molar-refractivity contribution in [3.8, 4) is 22.8 Å². The molecule has 1 aromatic heterocycles. The Bertz CT molecular complexity index is 1090. The van der Waals surface area contributed by atoms with Gasteiger partial charge >= 0.3 is 0 Å². The van der Waals surface area contributed by atoms with Gasteiger partial charge in [-0.25, -0.2) is 4.98 Å². The molecule has 0 aliphatic heterocycles. The summed E-state index contributed by atoms with van der Waals surface area (Å²) in [6, 6.07) is 29.0. The normalized spacial score (nSPS) is 10.4. The zero-order chi connectivity index (χ0) is 20.6. The Morgan fingerprint density at radius 3 is 2.00 bits per heavy atom. The number of benzene rings is 3. The van der Waals surface area contributed by atoms with Gasteiger partial charge in [0, 0.05) is 23.4 Å². The Morgan fingerprint density at radius 1 is 0.733 bits per heavy atom. The highest BCUT2D eigenvalue weighted by Gasteiger charge is 2.09. The third-order valence-electron chi connectivity index (χ3n) is 4.68. The number of pyridine rings is 1. The number of aromatic nitrogens is 1. The summed E-state index contributed by atoms with van der Waals surface area (Å²) in [4.78, 5) is 15.9. The zero-order valence-corrected chi connectivity index (χ0v) is 16.4. The van der Waals surface area contributed by atoms with Crippen LogP contribution in [-0.4, -0.2) is 11.3 Å².